The van der Waals surface area contributed by atoms with Crippen molar-refractivity contribution in [2.45, 2.75) is 20.3 Å². The van der Waals surface area contributed by atoms with Gasteiger partial charge in [0, 0.05) is 0 Å². The van der Waals surface area contributed by atoms with Gasteiger partial charge in [-0.05, 0) is 25.0 Å². The molecule has 0 aliphatic heterocycles. The van der Waals surface area contributed by atoms with Crippen LogP contribution in [-0.4, -0.2) is 23.7 Å². The molecular formula is C14H16O4. The fourth-order valence-electron chi connectivity index (χ4n) is 1.59. The lowest BCUT2D eigenvalue weighted by atomic mass is 9.99. The van der Waals surface area contributed by atoms with Gasteiger partial charge in [0.2, 0.25) is 0 Å². The van der Waals surface area contributed by atoms with E-state index < -0.39 is 11.9 Å². The minimum Gasteiger partial charge on any atom is -0.481 e. The molecule has 4 heteroatoms. The zero-order chi connectivity index (χ0) is 13.5. The van der Waals surface area contributed by atoms with Gasteiger partial charge in [-0.1, -0.05) is 30.3 Å². The standard InChI is InChI=1S/C14H16O4/c1-3-18-14(17)12(9-13(15)16)10(2)11-7-5-4-6-8-11/h4-8H,3,9H2,1-2H3,(H,15,16)/b12-10+. The van der Waals surface area contributed by atoms with Crippen LogP contribution in [0.15, 0.2) is 35.9 Å². The number of allylic oxidation sites excluding steroid dienone is 1. The van der Waals surface area contributed by atoms with Gasteiger partial charge < -0.3 is 9.84 Å². The number of carbonyl (C=O) groups excluding carboxylic acids is 1. The van der Waals surface area contributed by atoms with Gasteiger partial charge >= 0.3 is 11.9 Å². The molecule has 0 atom stereocenters. The van der Waals surface area contributed by atoms with Gasteiger partial charge in [-0.3, -0.25) is 4.79 Å². The van der Waals surface area contributed by atoms with Gasteiger partial charge in [0.1, 0.15) is 0 Å². The van der Waals surface area contributed by atoms with Crippen LogP contribution in [0.3, 0.4) is 0 Å². The summed E-state index contributed by atoms with van der Waals surface area (Å²) in [4.78, 5) is 22.6. The van der Waals surface area contributed by atoms with Crippen LogP contribution in [0, 0.1) is 0 Å². The number of benzene rings is 1. The van der Waals surface area contributed by atoms with E-state index in [1.54, 1.807) is 13.8 Å². The van der Waals surface area contributed by atoms with Crippen LogP contribution >= 0.6 is 0 Å². The van der Waals surface area contributed by atoms with Crippen LogP contribution in [0.2, 0.25) is 0 Å². The second-order valence-electron chi connectivity index (χ2n) is 3.76. The lowest BCUT2D eigenvalue weighted by molar-refractivity contribution is -0.142. The third-order valence-electron chi connectivity index (χ3n) is 2.51. The van der Waals surface area contributed by atoms with Crippen molar-refractivity contribution in [3.8, 4) is 0 Å². The summed E-state index contributed by atoms with van der Waals surface area (Å²) < 4.78 is 4.89. The molecule has 0 radical (unpaired) electrons. The lowest BCUT2D eigenvalue weighted by Gasteiger charge is -2.10. The minimum absolute atomic E-state index is 0.190. The normalized spacial score (nSPS) is 11.7. The van der Waals surface area contributed by atoms with Gasteiger partial charge in [0.05, 0.1) is 18.6 Å². The molecule has 0 saturated carbocycles. The van der Waals surface area contributed by atoms with Crippen molar-refractivity contribution in [3.05, 3.63) is 41.5 Å². The van der Waals surface area contributed by atoms with Crippen LogP contribution in [0.5, 0.6) is 0 Å². The Bertz CT molecular complexity index is 460. The van der Waals surface area contributed by atoms with E-state index in [2.05, 4.69) is 0 Å². The Morgan fingerprint density at radius 1 is 1.22 bits per heavy atom. The fraction of sp³-hybridized carbons (Fsp3) is 0.286. The second-order valence-corrected chi connectivity index (χ2v) is 3.76. The molecule has 0 unspecified atom stereocenters. The van der Waals surface area contributed by atoms with Crippen LogP contribution in [0.4, 0.5) is 0 Å². The summed E-state index contributed by atoms with van der Waals surface area (Å²) >= 11 is 0. The average molecular weight is 248 g/mol. The van der Waals surface area contributed by atoms with Gasteiger partial charge in [0.25, 0.3) is 0 Å². The fourth-order valence-corrected chi connectivity index (χ4v) is 1.59. The van der Waals surface area contributed by atoms with E-state index in [-0.39, 0.29) is 18.6 Å². The topological polar surface area (TPSA) is 63.6 Å². The first-order valence-electron chi connectivity index (χ1n) is 5.70. The summed E-state index contributed by atoms with van der Waals surface area (Å²) in [5.41, 5.74) is 1.65. The molecule has 4 nitrogen and oxygen atoms in total. The maximum atomic E-state index is 11.8. The molecule has 18 heavy (non-hydrogen) atoms. The zero-order valence-electron chi connectivity index (χ0n) is 10.5. The molecule has 0 spiro atoms. The van der Waals surface area contributed by atoms with Gasteiger partial charge in [-0.15, -0.1) is 0 Å². The molecule has 1 N–H and O–H groups in total. The molecule has 0 bridgehead atoms. The van der Waals surface area contributed by atoms with Crippen molar-refractivity contribution < 1.29 is 19.4 Å². The first-order valence-corrected chi connectivity index (χ1v) is 5.70. The Labute approximate surface area is 106 Å². The number of carboxylic acids is 1. The predicted octanol–water partition coefficient (Wildman–Crippen LogP) is 2.50. The van der Waals surface area contributed by atoms with Crippen molar-refractivity contribution in [3.63, 3.8) is 0 Å². The highest BCUT2D eigenvalue weighted by Crippen LogP contribution is 2.21. The van der Waals surface area contributed by atoms with E-state index in [0.717, 1.165) is 5.56 Å². The summed E-state index contributed by atoms with van der Waals surface area (Å²) in [6, 6.07) is 9.19. The van der Waals surface area contributed by atoms with E-state index in [4.69, 9.17) is 9.84 Å². The maximum absolute atomic E-state index is 11.8. The van der Waals surface area contributed by atoms with Gasteiger partial charge in [0.15, 0.2) is 0 Å². The number of rotatable bonds is 5. The first-order chi connectivity index (χ1) is 8.56. The lowest BCUT2D eigenvalue weighted by Crippen LogP contribution is -2.13. The summed E-state index contributed by atoms with van der Waals surface area (Å²) in [5.74, 6) is -1.62. The van der Waals surface area contributed by atoms with E-state index in [1.807, 2.05) is 30.3 Å². The number of hydrogen-bond acceptors (Lipinski definition) is 3. The van der Waals surface area contributed by atoms with Crippen LogP contribution in [0.1, 0.15) is 25.8 Å². The Kier molecular flexibility index (Phi) is 5.11. The van der Waals surface area contributed by atoms with Gasteiger partial charge in [-0.25, -0.2) is 4.79 Å². The average Bonchev–Trinajstić information content (AvgIpc) is 2.36. The van der Waals surface area contributed by atoms with Crippen molar-refractivity contribution in [2.75, 3.05) is 6.61 Å². The SMILES string of the molecule is CCOC(=O)/C(CC(=O)O)=C(\C)c1ccccc1. The van der Waals surface area contributed by atoms with Gasteiger partial charge in [-0.2, -0.15) is 0 Å². The summed E-state index contributed by atoms with van der Waals surface area (Å²) in [7, 11) is 0. The highest BCUT2D eigenvalue weighted by atomic mass is 16.5. The smallest absolute Gasteiger partial charge is 0.334 e. The number of hydrogen-bond donors (Lipinski definition) is 1. The molecule has 0 saturated heterocycles. The quantitative estimate of drug-likeness (QED) is 0.642. The Hall–Kier alpha value is -2.10. The van der Waals surface area contributed by atoms with Crippen molar-refractivity contribution in [1.82, 2.24) is 0 Å². The number of carboxylic acid groups (broad SMARTS) is 1. The van der Waals surface area contributed by atoms with Crippen LogP contribution in [-0.2, 0) is 14.3 Å². The monoisotopic (exact) mass is 248 g/mol. The molecule has 1 aromatic rings. The van der Waals surface area contributed by atoms with Crippen molar-refractivity contribution in [2.24, 2.45) is 0 Å². The Morgan fingerprint density at radius 3 is 2.33 bits per heavy atom. The first kappa shape index (κ1) is 14.0. The minimum atomic E-state index is -1.05. The Morgan fingerprint density at radius 2 is 1.83 bits per heavy atom. The largest absolute Gasteiger partial charge is 0.481 e. The molecule has 0 amide bonds. The molecule has 0 fully saturated rings. The number of esters is 1. The highest BCUT2D eigenvalue weighted by molar-refractivity contribution is 6.01. The van der Waals surface area contributed by atoms with E-state index in [9.17, 15) is 9.59 Å². The number of ether oxygens (including phenoxy) is 1. The molecule has 0 aliphatic carbocycles. The molecule has 1 aromatic carbocycles. The molecular weight excluding hydrogens is 232 g/mol. The Balaban J connectivity index is 3.14. The molecule has 96 valence electrons. The van der Waals surface area contributed by atoms with Crippen LogP contribution < -0.4 is 0 Å². The molecule has 0 aromatic heterocycles. The predicted molar refractivity (Wildman–Crippen MR) is 67.9 cm³/mol. The van der Waals surface area contributed by atoms with Crippen molar-refractivity contribution >= 4 is 17.5 Å². The highest BCUT2D eigenvalue weighted by Gasteiger charge is 2.18. The number of carbonyl (C=O) groups is 2. The zero-order valence-corrected chi connectivity index (χ0v) is 10.5. The van der Waals surface area contributed by atoms with E-state index in [0.29, 0.717) is 5.57 Å². The summed E-state index contributed by atoms with van der Waals surface area (Å²) in [5, 5.41) is 8.85. The van der Waals surface area contributed by atoms with Crippen LogP contribution in [0.25, 0.3) is 5.57 Å². The molecule has 0 heterocycles. The molecule has 0 aliphatic rings. The number of aliphatic carboxylic acids is 1. The maximum Gasteiger partial charge on any atom is 0.334 e. The second kappa shape index (κ2) is 6.59. The third-order valence-corrected chi connectivity index (χ3v) is 2.51. The third kappa shape index (κ3) is 3.73. The van der Waals surface area contributed by atoms with E-state index in [1.165, 1.54) is 0 Å². The van der Waals surface area contributed by atoms with E-state index >= 15 is 0 Å². The van der Waals surface area contributed by atoms with Crippen molar-refractivity contribution in [1.29, 1.82) is 0 Å². The molecule has 1 rings (SSSR count). The summed E-state index contributed by atoms with van der Waals surface area (Å²) in [6.07, 6.45) is -0.334. The summed E-state index contributed by atoms with van der Waals surface area (Å²) in [6.45, 7) is 3.64.